The number of rotatable bonds is 5. The van der Waals surface area contributed by atoms with Crippen LogP contribution in [-0.4, -0.2) is 61.3 Å². The number of anilines is 1. The number of methoxy groups -OCH3 is 2. The van der Waals surface area contributed by atoms with Gasteiger partial charge in [0, 0.05) is 38.4 Å². The van der Waals surface area contributed by atoms with Crippen LogP contribution in [0.25, 0.3) is 0 Å². The first-order chi connectivity index (χ1) is 13.6. The lowest BCUT2D eigenvalue weighted by molar-refractivity contribution is 0.0601. The summed E-state index contributed by atoms with van der Waals surface area (Å²) in [6.07, 6.45) is 0. The number of piperazine rings is 1. The lowest BCUT2D eigenvalue weighted by Crippen LogP contribution is -2.49. The molecule has 0 aromatic heterocycles. The number of thiocarbonyl (C=S) groups is 1. The molecule has 0 spiro atoms. The third-order valence-corrected chi connectivity index (χ3v) is 5.14. The van der Waals surface area contributed by atoms with Crippen LogP contribution in [0.3, 0.4) is 0 Å². The first-order valence-corrected chi connectivity index (χ1v) is 9.59. The van der Waals surface area contributed by atoms with E-state index in [9.17, 15) is 4.79 Å². The third kappa shape index (κ3) is 5.21. The van der Waals surface area contributed by atoms with Crippen LogP contribution in [0.4, 0.5) is 5.69 Å². The fourth-order valence-corrected chi connectivity index (χ4v) is 3.41. The van der Waals surface area contributed by atoms with Crippen molar-refractivity contribution in [2.75, 3.05) is 45.7 Å². The Kier molecular flexibility index (Phi) is 6.84. The van der Waals surface area contributed by atoms with Crippen LogP contribution in [0.15, 0.2) is 48.5 Å². The maximum absolute atomic E-state index is 11.5. The maximum atomic E-state index is 11.5. The molecule has 0 aliphatic carbocycles. The van der Waals surface area contributed by atoms with E-state index in [1.807, 2.05) is 24.3 Å². The van der Waals surface area contributed by atoms with Gasteiger partial charge in [0.2, 0.25) is 0 Å². The summed E-state index contributed by atoms with van der Waals surface area (Å²) in [5, 5.41) is 3.95. The molecule has 0 saturated carbocycles. The van der Waals surface area contributed by atoms with E-state index in [0.29, 0.717) is 10.7 Å². The summed E-state index contributed by atoms with van der Waals surface area (Å²) in [4.78, 5) is 16.1. The molecule has 1 aliphatic rings. The van der Waals surface area contributed by atoms with Crippen molar-refractivity contribution >= 4 is 29.0 Å². The summed E-state index contributed by atoms with van der Waals surface area (Å²) in [6.45, 7) is 4.59. The Balaban J connectivity index is 1.47. The van der Waals surface area contributed by atoms with Crippen LogP contribution in [0, 0.1) is 0 Å². The largest absolute Gasteiger partial charge is 0.497 e. The summed E-state index contributed by atoms with van der Waals surface area (Å²) >= 11 is 5.55. The van der Waals surface area contributed by atoms with Gasteiger partial charge >= 0.3 is 5.97 Å². The summed E-state index contributed by atoms with van der Waals surface area (Å²) in [5.74, 6) is 0.534. The molecule has 7 heteroatoms. The Morgan fingerprint density at radius 2 is 1.64 bits per heavy atom. The van der Waals surface area contributed by atoms with Gasteiger partial charge in [0.25, 0.3) is 0 Å². The van der Waals surface area contributed by atoms with Gasteiger partial charge in [0.05, 0.1) is 19.8 Å². The van der Waals surface area contributed by atoms with E-state index < -0.39 is 0 Å². The first kappa shape index (κ1) is 20.1. The second-order valence-corrected chi connectivity index (χ2v) is 7.00. The molecule has 0 amide bonds. The van der Waals surface area contributed by atoms with Gasteiger partial charge in [-0.25, -0.2) is 4.79 Å². The first-order valence-electron chi connectivity index (χ1n) is 9.18. The number of hydrogen-bond acceptors (Lipinski definition) is 5. The Labute approximate surface area is 171 Å². The van der Waals surface area contributed by atoms with Gasteiger partial charge < -0.3 is 19.7 Å². The van der Waals surface area contributed by atoms with Crippen LogP contribution < -0.4 is 10.1 Å². The molecule has 1 aliphatic heterocycles. The molecule has 0 radical (unpaired) electrons. The normalized spacial score (nSPS) is 14.4. The second-order valence-electron chi connectivity index (χ2n) is 6.61. The average Bonchev–Trinajstić information content (AvgIpc) is 2.74. The van der Waals surface area contributed by atoms with Gasteiger partial charge in [0.1, 0.15) is 5.75 Å². The Morgan fingerprint density at radius 3 is 2.21 bits per heavy atom. The van der Waals surface area contributed by atoms with Crippen LogP contribution in [-0.2, 0) is 11.3 Å². The molecule has 0 atom stereocenters. The van der Waals surface area contributed by atoms with Gasteiger partial charge in [-0.05, 0) is 54.2 Å². The number of carbonyl (C=O) groups excluding carboxylic acids is 1. The molecular formula is C21H25N3O3S. The molecule has 1 N–H and O–H groups in total. The van der Waals surface area contributed by atoms with Crippen LogP contribution >= 0.6 is 12.2 Å². The monoisotopic (exact) mass is 399 g/mol. The Morgan fingerprint density at radius 1 is 1.00 bits per heavy atom. The van der Waals surface area contributed by atoms with E-state index in [1.165, 1.54) is 12.7 Å². The van der Waals surface area contributed by atoms with Gasteiger partial charge in [-0.15, -0.1) is 0 Å². The smallest absolute Gasteiger partial charge is 0.337 e. The van der Waals surface area contributed by atoms with Gasteiger partial charge in [-0.2, -0.15) is 0 Å². The molecule has 3 rings (SSSR count). The van der Waals surface area contributed by atoms with Gasteiger partial charge in [-0.3, -0.25) is 4.90 Å². The third-order valence-electron chi connectivity index (χ3n) is 4.78. The zero-order valence-electron chi connectivity index (χ0n) is 16.2. The number of ether oxygens (including phenoxy) is 2. The van der Waals surface area contributed by atoms with Gasteiger partial charge in [0.15, 0.2) is 5.11 Å². The SMILES string of the molecule is COC(=O)c1ccc(NC(=S)N2CCN(Cc3ccc(OC)cc3)CC2)cc1. The highest BCUT2D eigenvalue weighted by atomic mass is 32.1. The average molecular weight is 400 g/mol. The summed E-state index contributed by atoms with van der Waals surface area (Å²) in [5.41, 5.74) is 2.66. The topological polar surface area (TPSA) is 54.0 Å². The second kappa shape index (κ2) is 9.52. The van der Waals surface area contributed by atoms with Crippen molar-refractivity contribution in [2.45, 2.75) is 6.54 Å². The van der Waals surface area contributed by atoms with Crippen LogP contribution in [0.1, 0.15) is 15.9 Å². The van der Waals surface area contributed by atoms with E-state index in [-0.39, 0.29) is 5.97 Å². The summed E-state index contributed by atoms with van der Waals surface area (Å²) in [7, 11) is 3.05. The minimum Gasteiger partial charge on any atom is -0.497 e. The van der Waals surface area contributed by atoms with Gasteiger partial charge in [-0.1, -0.05) is 12.1 Å². The van der Waals surface area contributed by atoms with E-state index >= 15 is 0 Å². The van der Waals surface area contributed by atoms with Crippen molar-refractivity contribution in [3.8, 4) is 5.75 Å². The Hall–Kier alpha value is -2.64. The molecule has 2 aromatic rings. The predicted molar refractivity (Wildman–Crippen MR) is 114 cm³/mol. The standard InChI is InChI=1S/C21H25N3O3S/c1-26-19-9-3-16(4-10-19)15-23-11-13-24(14-12-23)21(28)22-18-7-5-17(6-8-18)20(25)27-2/h3-10H,11-15H2,1-2H3,(H,22,28). The highest BCUT2D eigenvalue weighted by Gasteiger charge is 2.19. The number of hydrogen-bond donors (Lipinski definition) is 1. The number of carbonyl (C=O) groups is 1. The quantitative estimate of drug-likeness (QED) is 0.613. The molecule has 0 unspecified atom stereocenters. The molecule has 148 valence electrons. The number of nitrogens with zero attached hydrogens (tertiary/aromatic N) is 2. The highest BCUT2D eigenvalue weighted by molar-refractivity contribution is 7.80. The van der Waals surface area contributed by atoms with E-state index in [4.69, 9.17) is 21.7 Å². The molecule has 2 aromatic carbocycles. The zero-order valence-corrected chi connectivity index (χ0v) is 17.0. The molecule has 0 bridgehead atoms. The minimum atomic E-state index is -0.345. The van der Waals surface area contributed by atoms with E-state index in [1.54, 1.807) is 19.2 Å². The van der Waals surface area contributed by atoms with Crippen molar-refractivity contribution in [3.63, 3.8) is 0 Å². The maximum Gasteiger partial charge on any atom is 0.337 e. The minimum absolute atomic E-state index is 0.345. The lowest BCUT2D eigenvalue weighted by Gasteiger charge is -2.36. The number of esters is 1. The molecule has 1 fully saturated rings. The van der Waals surface area contributed by atoms with Crippen LogP contribution in [0.2, 0.25) is 0 Å². The molecule has 28 heavy (non-hydrogen) atoms. The predicted octanol–water partition coefficient (Wildman–Crippen LogP) is 3.00. The Bertz CT molecular complexity index is 801. The molecular weight excluding hydrogens is 374 g/mol. The van der Waals surface area contributed by atoms with E-state index in [0.717, 1.165) is 44.2 Å². The zero-order chi connectivity index (χ0) is 19.9. The number of nitrogens with one attached hydrogen (secondary N) is 1. The number of benzene rings is 2. The lowest BCUT2D eigenvalue weighted by atomic mass is 10.2. The summed E-state index contributed by atoms with van der Waals surface area (Å²) in [6, 6.07) is 15.3. The van der Waals surface area contributed by atoms with Crippen molar-refractivity contribution < 1.29 is 14.3 Å². The molecule has 1 heterocycles. The molecule has 6 nitrogen and oxygen atoms in total. The van der Waals surface area contributed by atoms with Crippen molar-refractivity contribution in [2.24, 2.45) is 0 Å². The highest BCUT2D eigenvalue weighted by Crippen LogP contribution is 2.15. The van der Waals surface area contributed by atoms with E-state index in [2.05, 4.69) is 27.2 Å². The van der Waals surface area contributed by atoms with Crippen molar-refractivity contribution in [1.29, 1.82) is 0 Å². The fourth-order valence-electron chi connectivity index (χ4n) is 3.11. The fraction of sp³-hybridized carbons (Fsp3) is 0.333. The van der Waals surface area contributed by atoms with Crippen molar-refractivity contribution in [1.82, 2.24) is 9.80 Å². The van der Waals surface area contributed by atoms with Crippen LogP contribution in [0.5, 0.6) is 5.75 Å². The molecule has 1 saturated heterocycles. The summed E-state index contributed by atoms with van der Waals surface area (Å²) < 4.78 is 9.92. The van der Waals surface area contributed by atoms with Crippen molar-refractivity contribution in [3.05, 3.63) is 59.7 Å².